The van der Waals surface area contributed by atoms with Crippen LogP contribution in [-0.4, -0.2) is 11.8 Å². The Labute approximate surface area is 177 Å². The largest absolute Gasteiger partial charge is 0.397 e. The van der Waals surface area contributed by atoms with Crippen LogP contribution in [0.15, 0.2) is 72.8 Å². The monoisotopic (exact) mass is 401 g/mol. The third-order valence-corrected chi connectivity index (χ3v) is 4.76. The van der Waals surface area contributed by atoms with E-state index in [0.29, 0.717) is 23.5 Å². The summed E-state index contributed by atoms with van der Waals surface area (Å²) in [5.41, 5.74) is 10.2. The zero-order valence-electron chi connectivity index (χ0n) is 17.5. The predicted octanol–water partition coefficient (Wildman–Crippen LogP) is 4.85. The zero-order chi connectivity index (χ0) is 21.7. The molecule has 0 fully saturated rings. The lowest BCUT2D eigenvalue weighted by Crippen LogP contribution is -2.34. The van der Waals surface area contributed by atoms with Gasteiger partial charge in [0.2, 0.25) is 5.91 Å². The Kier molecular flexibility index (Phi) is 6.21. The van der Waals surface area contributed by atoms with E-state index in [1.165, 1.54) is 0 Å². The van der Waals surface area contributed by atoms with Crippen molar-refractivity contribution in [3.63, 3.8) is 0 Å². The first kappa shape index (κ1) is 21.1. The van der Waals surface area contributed by atoms with E-state index in [0.717, 1.165) is 16.7 Å². The van der Waals surface area contributed by atoms with E-state index in [-0.39, 0.29) is 11.8 Å². The van der Waals surface area contributed by atoms with E-state index in [1.54, 1.807) is 18.2 Å². The zero-order valence-corrected chi connectivity index (χ0v) is 17.5. The highest BCUT2D eigenvalue weighted by Crippen LogP contribution is 2.27. The van der Waals surface area contributed by atoms with Crippen molar-refractivity contribution >= 4 is 23.2 Å². The second kappa shape index (κ2) is 8.82. The number of carbonyl (C=O) groups excluding carboxylic acids is 2. The van der Waals surface area contributed by atoms with Crippen LogP contribution in [0, 0.1) is 5.41 Å². The molecule has 3 aromatic rings. The highest BCUT2D eigenvalue weighted by Gasteiger charge is 2.20. The number of carbonyl (C=O) groups is 2. The summed E-state index contributed by atoms with van der Waals surface area (Å²) in [6, 6.07) is 22.7. The number of amides is 2. The Balaban J connectivity index is 1.68. The number of anilines is 2. The Morgan fingerprint density at radius 3 is 2.17 bits per heavy atom. The van der Waals surface area contributed by atoms with E-state index >= 15 is 0 Å². The van der Waals surface area contributed by atoms with Gasteiger partial charge in [0, 0.05) is 17.5 Å². The Morgan fingerprint density at radius 2 is 1.53 bits per heavy atom. The minimum Gasteiger partial charge on any atom is -0.397 e. The minimum atomic E-state index is -0.436. The molecule has 0 atom stereocenters. The molecular weight excluding hydrogens is 374 g/mol. The van der Waals surface area contributed by atoms with Crippen molar-refractivity contribution in [1.29, 1.82) is 0 Å². The van der Waals surface area contributed by atoms with Gasteiger partial charge in [0.15, 0.2) is 0 Å². The van der Waals surface area contributed by atoms with Crippen LogP contribution in [0.3, 0.4) is 0 Å². The van der Waals surface area contributed by atoms with Gasteiger partial charge < -0.3 is 16.4 Å². The molecule has 0 saturated carbocycles. The molecule has 0 aromatic heterocycles. The maximum absolute atomic E-state index is 12.7. The summed E-state index contributed by atoms with van der Waals surface area (Å²) in [7, 11) is 0. The Hall–Kier alpha value is -3.60. The van der Waals surface area contributed by atoms with Crippen molar-refractivity contribution in [2.45, 2.75) is 27.3 Å². The lowest BCUT2D eigenvalue weighted by Gasteiger charge is -2.17. The van der Waals surface area contributed by atoms with Crippen molar-refractivity contribution in [1.82, 2.24) is 5.32 Å². The first-order chi connectivity index (χ1) is 14.2. The van der Waals surface area contributed by atoms with Gasteiger partial charge in [-0.2, -0.15) is 0 Å². The first-order valence-corrected chi connectivity index (χ1v) is 9.87. The third-order valence-electron chi connectivity index (χ3n) is 4.76. The fourth-order valence-corrected chi connectivity index (χ4v) is 2.89. The molecule has 0 aliphatic rings. The first-order valence-electron chi connectivity index (χ1n) is 9.87. The molecule has 0 aliphatic carbocycles. The van der Waals surface area contributed by atoms with E-state index in [9.17, 15) is 9.59 Å². The summed E-state index contributed by atoms with van der Waals surface area (Å²) >= 11 is 0. The number of hydrogen-bond donors (Lipinski definition) is 3. The molecule has 0 spiro atoms. The van der Waals surface area contributed by atoms with Crippen molar-refractivity contribution < 1.29 is 9.59 Å². The summed E-state index contributed by atoms with van der Waals surface area (Å²) in [5.74, 6) is -0.254. The molecule has 3 rings (SSSR count). The fraction of sp³-hybridized carbons (Fsp3) is 0.200. The summed E-state index contributed by atoms with van der Waals surface area (Å²) in [4.78, 5) is 24.7. The summed E-state index contributed by atoms with van der Waals surface area (Å²) < 4.78 is 0. The van der Waals surface area contributed by atoms with Gasteiger partial charge in [0.25, 0.3) is 5.91 Å². The maximum Gasteiger partial charge on any atom is 0.255 e. The molecule has 154 valence electrons. The molecule has 0 radical (unpaired) electrons. The van der Waals surface area contributed by atoms with Crippen LogP contribution in [0.5, 0.6) is 0 Å². The maximum atomic E-state index is 12.7. The SMILES string of the molecule is CC(C)(C)C(=O)NCc1ccc(C(=O)Nc2cc(-c3ccccc3)ccc2N)cc1. The molecular formula is C25H27N3O2. The van der Waals surface area contributed by atoms with Gasteiger partial charge in [-0.25, -0.2) is 0 Å². The van der Waals surface area contributed by atoms with Crippen LogP contribution >= 0.6 is 0 Å². The highest BCUT2D eigenvalue weighted by atomic mass is 16.2. The van der Waals surface area contributed by atoms with Gasteiger partial charge in [-0.15, -0.1) is 0 Å². The van der Waals surface area contributed by atoms with Crippen molar-refractivity contribution in [2.24, 2.45) is 5.41 Å². The number of nitrogens with one attached hydrogen (secondary N) is 2. The predicted molar refractivity (Wildman–Crippen MR) is 122 cm³/mol. The van der Waals surface area contributed by atoms with Crippen LogP contribution in [0.4, 0.5) is 11.4 Å². The molecule has 30 heavy (non-hydrogen) atoms. The molecule has 2 amide bonds. The van der Waals surface area contributed by atoms with Gasteiger partial charge in [0.05, 0.1) is 11.4 Å². The standard InChI is InChI=1S/C25H27N3O2/c1-25(2,3)24(30)27-16-17-9-11-19(12-10-17)23(29)28-22-15-20(13-14-21(22)26)18-7-5-4-6-8-18/h4-15H,16,26H2,1-3H3,(H,27,30)(H,28,29). The summed E-state index contributed by atoms with van der Waals surface area (Å²) in [6.07, 6.45) is 0. The second-order valence-corrected chi connectivity index (χ2v) is 8.25. The summed E-state index contributed by atoms with van der Waals surface area (Å²) in [5, 5.41) is 5.79. The number of hydrogen-bond acceptors (Lipinski definition) is 3. The van der Waals surface area contributed by atoms with E-state index in [2.05, 4.69) is 10.6 Å². The van der Waals surface area contributed by atoms with Crippen molar-refractivity contribution in [3.8, 4) is 11.1 Å². The van der Waals surface area contributed by atoms with Crippen LogP contribution in [-0.2, 0) is 11.3 Å². The highest BCUT2D eigenvalue weighted by molar-refractivity contribution is 6.06. The smallest absolute Gasteiger partial charge is 0.255 e. The summed E-state index contributed by atoms with van der Waals surface area (Å²) in [6.45, 7) is 6.03. The molecule has 0 heterocycles. The topological polar surface area (TPSA) is 84.2 Å². The lowest BCUT2D eigenvalue weighted by molar-refractivity contribution is -0.128. The van der Waals surface area contributed by atoms with E-state index in [4.69, 9.17) is 5.73 Å². The Bertz CT molecular complexity index is 1040. The van der Waals surface area contributed by atoms with Gasteiger partial charge in [-0.05, 0) is 41.0 Å². The number of nitrogen functional groups attached to an aromatic ring is 1. The molecule has 0 unspecified atom stereocenters. The molecule has 0 aliphatic heterocycles. The van der Waals surface area contributed by atoms with E-state index in [1.807, 2.05) is 75.4 Å². The van der Waals surface area contributed by atoms with Crippen molar-refractivity contribution in [2.75, 3.05) is 11.1 Å². The van der Waals surface area contributed by atoms with Crippen LogP contribution in [0.2, 0.25) is 0 Å². The van der Waals surface area contributed by atoms with Gasteiger partial charge in [-0.3, -0.25) is 9.59 Å². The third kappa shape index (κ3) is 5.26. The quantitative estimate of drug-likeness (QED) is 0.534. The number of benzene rings is 3. The second-order valence-electron chi connectivity index (χ2n) is 8.25. The average Bonchev–Trinajstić information content (AvgIpc) is 2.73. The molecule has 0 saturated heterocycles. The lowest BCUT2D eigenvalue weighted by atomic mass is 9.95. The number of rotatable bonds is 5. The Morgan fingerprint density at radius 1 is 0.867 bits per heavy atom. The normalized spacial score (nSPS) is 11.0. The van der Waals surface area contributed by atoms with Crippen LogP contribution < -0.4 is 16.4 Å². The molecule has 5 nitrogen and oxygen atoms in total. The molecule has 4 N–H and O–H groups in total. The fourth-order valence-electron chi connectivity index (χ4n) is 2.89. The van der Waals surface area contributed by atoms with Crippen LogP contribution in [0.1, 0.15) is 36.7 Å². The molecule has 0 bridgehead atoms. The van der Waals surface area contributed by atoms with Gasteiger partial charge in [-0.1, -0.05) is 69.3 Å². The minimum absolute atomic E-state index is 0.0157. The van der Waals surface area contributed by atoms with Crippen molar-refractivity contribution in [3.05, 3.63) is 83.9 Å². The molecule has 3 aromatic carbocycles. The average molecular weight is 402 g/mol. The van der Waals surface area contributed by atoms with Crippen LogP contribution in [0.25, 0.3) is 11.1 Å². The molecule has 5 heteroatoms. The van der Waals surface area contributed by atoms with Gasteiger partial charge in [0.1, 0.15) is 0 Å². The van der Waals surface area contributed by atoms with E-state index < -0.39 is 5.41 Å². The number of nitrogens with two attached hydrogens (primary N) is 1. The van der Waals surface area contributed by atoms with Gasteiger partial charge >= 0.3 is 0 Å².